The lowest BCUT2D eigenvalue weighted by molar-refractivity contribution is -0.0366. The quantitative estimate of drug-likeness (QED) is 0.635. The van der Waals surface area contributed by atoms with Crippen LogP contribution < -0.4 is 5.32 Å². The molecule has 28 heavy (non-hydrogen) atoms. The number of rotatable bonds is 5. The highest BCUT2D eigenvalue weighted by Gasteiger charge is 2.18. The Kier molecular flexibility index (Phi) is 5.30. The second-order valence-electron chi connectivity index (χ2n) is 7.06. The monoisotopic (exact) mass is 379 g/mol. The maximum Gasteiger partial charge on any atom is 0.338 e. The Morgan fingerprint density at radius 3 is 2.82 bits per heavy atom. The van der Waals surface area contributed by atoms with Gasteiger partial charge in [-0.2, -0.15) is 5.10 Å². The van der Waals surface area contributed by atoms with Gasteiger partial charge in [-0.15, -0.1) is 0 Å². The van der Waals surface area contributed by atoms with Crippen molar-refractivity contribution in [2.24, 2.45) is 0 Å². The molecule has 0 amide bonds. The van der Waals surface area contributed by atoms with Crippen LogP contribution in [0.2, 0.25) is 0 Å². The summed E-state index contributed by atoms with van der Waals surface area (Å²) < 4.78 is 13.0. The van der Waals surface area contributed by atoms with Gasteiger partial charge in [0.2, 0.25) is 0 Å². The molecule has 0 radical (unpaired) electrons. The second kappa shape index (κ2) is 8.02. The minimum absolute atomic E-state index is 0.00704. The van der Waals surface area contributed by atoms with Gasteiger partial charge in [-0.25, -0.2) is 9.48 Å². The fraction of sp³-hybridized carbons (Fsp3) is 0.364. The van der Waals surface area contributed by atoms with Crippen LogP contribution in [0, 0.1) is 6.92 Å². The van der Waals surface area contributed by atoms with E-state index < -0.39 is 0 Å². The van der Waals surface area contributed by atoms with Gasteiger partial charge < -0.3 is 14.8 Å². The van der Waals surface area contributed by atoms with Crippen molar-refractivity contribution >= 4 is 28.2 Å². The third-order valence-corrected chi connectivity index (χ3v) is 5.04. The first-order valence-electron chi connectivity index (χ1n) is 9.79. The van der Waals surface area contributed by atoms with Gasteiger partial charge in [0.05, 0.1) is 23.9 Å². The topological polar surface area (TPSA) is 65.4 Å². The Labute approximate surface area is 164 Å². The van der Waals surface area contributed by atoms with Crippen LogP contribution >= 0.6 is 0 Å². The van der Waals surface area contributed by atoms with Crippen molar-refractivity contribution in [3.63, 3.8) is 0 Å². The SMILES string of the molecule is CCOC(=O)c1ccc(Nc2ccc3cnn(C4CCCCO4)c3c2)cc1C. The first-order valence-corrected chi connectivity index (χ1v) is 9.79. The minimum atomic E-state index is -0.288. The first-order chi connectivity index (χ1) is 13.7. The Balaban J connectivity index is 1.58. The number of benzene rings is 2. The second-order valence-corrected chi connectivity index (χ2v) is 7.06. The summed E-state index contributed by atoms with van der Waals surface area (Å²) in [5, 5.41) is 9.05. The Morgan fingerprint density at radius 1 is 1.25 bits per heavy atom. The van der Waals surface area contributed by atoms with E-state index in [0.29, 0.717) is 12.2 Å². The van der Waals surface area contributed by atoms with Gasteiger partial charge in [0, 0.05) is 23.4 Å². The number of nitrogens with zero attached hydrogens (tertiary/aromatic N) is 2. The van der Waals surface area contributed by atoms with Crippen molar-refractivity contribution in [3.8, 4) is 0 Å². The van der Waals surface area contributed by atoms with E-state index in [1.165, 1.54) is 0 Å². The number of carbonyl (C=O) groups is 1. The van der Waals surface area contributed by atoms with E-state index >= 15 is 0 Å². The van der Waals surface area contributed by atoms with Crippen LogP contribution in [0.5, 0.6) is 0 Å². The van der Waals surface area contributed by atoms with Crippen LogP contribution in [0.1, 0.15) is 48.3 Å². The number of hydrogen-bond acceptors (Lipinski definition) is 5. The third-order valence-electron chi connectivity index (χ3n) is 5.04. The highest BCUT2D eigenvalue weighted by molar-refractivity contribution is 5.92. The average Bonchev–Trinajstić information content (AvgIpc) is 3.12. The summed E-state index contributed by atoms with van der Waals surface area (Å²) in [6.07, 6.45) is 5.16. The summed E-state index contributed by atoms with van der Waals surface area (Å²) >= 11 is 0. The van der Waals surface area contributed by atoms with E-state index in [1.807, 2.05) is 42.9 Å². The number of fused-ring (bicyclic) bond motifs is 1. The molecule has 0 bridgehead atoms. The molecule has 6 nitrogen and oxygen atoms in total. The highest BCUT2D eigenvalue weighted by atomic mass is 16.5. The molecule has 3 aromatic rings. The average molecular weight is 379 g/mol. The molecule has 1 fully saturated rings. The van der Waals surface area contributed by atoms with Crippen LogP contribution in [-0.4, -0.2) is 29.0 Å². The molecule has 0 aliphatic carbocycles. The van der Waals surface area contributed by atoms with Gasteiger partial charge in [0.25, 0.3) is 0 Å². The molecular weight excluding hydrogens is 354 g/mol. The van der Waals surface area contributed by atoms with Gasteiger partial charge in [0.15, 0.2) is 6.23 Å². The molecule has 0 spiro atoms. The standard InChI is InChI=1S/C22H25N3O3/c1-3-27-22(26)19-10-9-17(12-15(19)2)24-18-8-7-16-14-23-25(20(16)13-18)21-6-4-5-11-28-21/h7-10,12-14,21,24H,3-6,11H2,1-2H3. The largest absolute Gasteiger partial charge is 0.462 e. The van der Waals surface area contributed by atoms with Crippen LogP contribution in [0.4, 0.5) is 11.4 Å². The molecule has 6 heteroatoms. The van der Waals surface area contributed by atoms with Gasteiger partial charge >= 0.3 is 5.97 Å². The predicted octanol–water partition coefficient (Wildman–Crippen LogP) is 4.96. The van der Waals surface area contributed by atoms with Crippen molar-refractivity contribution in [1.82, 2.24) is 9.78 Å². The number of hydrogen-bond donors (Lipinski definition) is 1. The molecule has 1 N–H and O–H groups in total. The molecule has 1 aromatic heterocycles. The zero-order valence-electron chi connectivity index (χ0n) is 16.3. The molecular formula is C22H25N3O3. The molecule has 1 atom stereocenters. The Bertz CT molecular complexity index is 990. The molecule has 0 saturated carbocycles. The molecule has 2 heterocycles. The molecule has 146 valence electrons. The predicted molar refractivity (Wildman–Crippen MR) is 109 cm³/mol. The van der Waals surface area contributed by atoms with Crippen LogP contribution in [0.15, 0.2) is 42.6 Å². The van der Waals surface area contributed by atoms with Gasteiger partial charge in [-0.1, -0.05) is 0 Å². The number of nitrogens with one attached hydrogen (secondary N) is 1. The lowest BCUT2D eigenvalue weighted by Gasteiger charge is -2.23. The molecule has 1 saturated heterocycles. The van der Waals surface area contributed by atoms with Gasteiger partial charge in [-0.05, 0) is 75.1 Å². The van der Waals surface area contributed by atoms with Crippen molar-refractivity contribution in [1.29, 1.82) is 0 Å². The van der Waals surface area contributed by atoms with E-state index in [4.69, 9.17) is 9.47 Å². The highest BCUT2D eigenvalue weighted by Crippen LogP contribution is 2.29. The van der Waals surface area contributed by atoms with Crippen LogP contribution in [0.25, 0.3) is 10.9 Å². The number of carbonyl (C=O) groups excluding carboxylic acids is 1. The van der Waals surface area contributed by atoms with Crippen LogP contribution in [-0.2, 0) is 9.47 Å². The zero-order chi connectivity index (χ0) is 19.5. The first kappa shape index (κ1) is 18.5. The molecule has 1 unspecified atom stereocenters. The van der Waals surface area contributed by atoms with E-state index in [-0.39, 0.29) is 12.2 Å². The minimum Gasteiger partial charge on any atom is -0.462 e. The summed E-state index contributed by atoms with van der Waals surface area (Å²) in [5.74, 6) is -0.288. The number of aryl methyl sites for hydroxylation is 1. The Morgan fingerprint density at radius 2 is 2.07 bits per heavy atom. The lowest BCUT2D eigenvalue weighted by Crippen LogP contribution is -2.18. The van der Waals surface area contributed by atoms with Crippen molar-refractivity contribution in [3.05, 3.63) is 53.7 Å². The smallest absolute Gasteiger partial charge is 0.338 e. The lowest BCUT2D eigenvalue weighted by atomic mass is 10.1. The number of esters is 1. The summed E-state index contributed by atoms with van der Waals surface area (Å²) in [7, 11) is 0. The summed E-state index contributed by atoms with van der Waals surface area (Å²) in [6, 6.07) is 11.8. The molecule has 2 aromatic carbocycles. The fourth-order valence-corrected chi connectivity index (χ4v) is 3.61. The maximum atomic E-state index is 12.0. The van der Waals surface area contributed by atoms with Crippen molar-refractivity contribution in [2.45, 2.75) is 39.3 Å². The molecule has 1 aliphatic rings. The molecule has 1 aliphatic heterocycles. The van der Waals surface area contributed by atoms with Crippen LogP contribution in [0.3, 0.4) is 0 Å². The van der Waals surface area contributed by atoms with Gasteiger partial charge in [-0.3, -0.25) is 0 Å². The molecule has 4 rings (SSSR count). The summed E-state index contributed by atoms with van der Waals surface area (Å²) in [6.45, 7) is 4.88. The summed E-state index contributed by atoms with van der Waals surface area (Å²) in [4.78, 5) is 12.0. The van der Waals surface area contributed by atoms with E-state index in [1.54, 1.807) is 6.07 Å². The van der Waals surface area contributed by atoms with E-state index in [9.17, 15) is 4.79 Å². The van der Waals surface area contributed by atoms with E-state index in [2.05, 4.69) is 22.5 Å². The normalized spacial score (nSPS) is 16.9. The van der Waals surface area contributed by atoms with Crippen molar-refractivity contribution in [2.75, 3.05) is 18.5 Å². The van der Waals surface area contributed by atoms with E-state index in [0.717, 1.165) is 53.7 Å². The van der Waals surface area contributed by atoms with Gasteiger partial charge in [0.1, 0.15) is 0 Å². The number of aromatic nitrogens is 2. The summed E-state index contributed by atoms with van der Waals surface area (Å²) in [5.41, 5.74) is 4.41. The number of anilines is 2. The zero-order valence-corrected chi connectivity index (χ0v) is 16.3. The van der Waals surface area contributed by atoms with Crippen molar-refractivity contribution < 1.29 is 14.3 Å². The maximum absolute atomic E-state index is 12.0. The fourth-order valence-electron chi connectivity index (χ4n) is 3.61. The third kappa shape index (κ3) is 3.73. The Hall–Kier alpha value is -2.86. The number of ether oxygens (including phenoxy) is 2.